The molecule has 0 unspecified atom stereocenters. The third-order valence-corrected chi connectivity index (χ3v) is 3.74. The SMILES string of the molecule is CCCCCCCCCCCC[NH2+]c1ccccc1.[Br-]. The maximum atomic E-state index is 2.37. The molecule has 0 radical (unpaired) electrons. The van der Waals surface area contributed by atoms with Gasteiger partial charge in [-0.3, -0.25) is 0 Å². The first-order valence-corrected chi connectivity index (χ1v) is 8.31. The Kier molecular flexibility index (Phi) is 14.8. The number of hydrogen-bond acceptors (Lipinski definition) is 0. The summed E-state index contributed by atoms with van der Waals surface area (Å²) in [5, 5.41) is 2.37. The predicted octanol–water partition coefficient (Wildman–Crippen LogP) is 1.81. The molecule has 1 aromatic carbocycles. The molecule has 0 atom stereocenters. The summed E-state index contributed by atoms with van der Waals surface area (Å²) in [5.74, 6) is 0. The molecule has 0 saturated carbocycles. The molecule has 0 aromatic heterocycles. The van der Waals surface area contributed by atoms with Crippen LogP contribution in [0.25, 0.3) is 0 Å². The first kappa shape index (κ1) is 19.7. The first-order chi connectivity index (χ1) is 9.43. The molecule has 2 heteroatoms. The molecule has 116 valence electrons. The molecule has 1 rings (SSSR count). The number of quaternary nitrogens is 1. The molecule has 1 nitrogen and oxygen atoms in total. The Morgan fingerprint density at radius 3 is 1.75 bits per heavy atom. The highest BCUT2D eigenvalue weighted by Crippen LogP contribution is 2.10. The van der Waals surface area contributed by atoms with Crippen LogP contribution in [0.2, 0.25) is 0 Å². The molecule has 20 heavy (non-hydrogen) atoms. The normalized spacial score (nSPS) is 10.2. The van der Waals surface area contributed by atoms with E-state index in [0.717, 1.165) is 0 Å². The summed E-state index contributed by atoms with van der Waals surface area (Å²) >= 11 is 0. The average molecular weight is 342 g/mol. The van der Waals surface area contributed by atoms with Crippen LogP contribution < -0.4 is 22.3 Å². The predicted molar refractivity (Wildman–Crippen MR) is 84.7 cm³/mol. The Morgan fingerprint density at radius 2 is 1.20 bits per heavy atom. The van der Waals surface area contributed by atoms with Crippen LogP contribution >= 0.6 is 0 Å². The molecule has 0 aliphatic heterocycles. The third kappa shape index (κ3) is 11.5. The minimum atomic E-state index is 0. The van der Waals surface area contributed by atoms with Gasteiger partial charge in [0.15, 0.2) is 0 Å². The molecule has 2 N–H and O–H groups in total. The lowest BCUT2D eigenvalue weighted by molar-refractivity contribution is -0.572. The van der Waals surface area contributed by atoms with Crippen LogP contribution in [0, 0.1) is 0 Å². The number of hydrogen-bond donors (Lipinski definition) is 1. The van der Waals surface area contributed by atoms with Gasteiger partial charge in [-0.1, -0.05) is 76.5 Å². The van der Waals surface area contributed by atoms with Gasteiger partial charge in [-0.25, -0.2) is 0 Å². The van der Waals surface area contributed by atoms with Crippen LogP contribution in [-0.4, -0.2) is 6.54 Å². The van der Waals surface area contributed by atoms with Crippen molar-refractivity contribution in [2.45, 2.75) is 71.1 Å². The lowest BCUT2D eigenvalue weighted by Gasteiger charge is -2.02. The number of unbranched alkanes of at least 4 members (excludes halogenated alkanes) is 9. The minimum absolute atomic E-state index is 0. The summed E-state index contributed by atoms with van der Waals surface area (Å²) in [6.45, 7) is 3.52. The second-order valence-electron chi connectivity index (χ2n) is 5.59. The first-order valence-electron chi connectivity index (χ1n) is 8.31. The molecule has 1 aromatic rings. The van der Waals surface area contributed by atoms with Gasteiger partial charge in [-0.05, 0) is 25.0 Å². The summed E-state index contributed by atoms with van der Waals surface area (Å²) in [6.07, 6.45) is 14.2. The fourth-order valence-electron chi connectivity index (χ4n) is 2.49. The van der Waals surface area contributed by atoms with E-state index in [1.807, 2.05) is 0 Å². The van der Waals surface area contributed by atoms with Crippen LogP contribution in [0.5, 0.6) is 0 Å². The molecule has 0 saturated heterocycles. The van der Waals surface area contributed by atoms with Crippen molar-refractivity contribution in [3.05, 3.63) is 30.3 Å². The van der Waals surface area contributed by atoms with Crippen molar-refractivity contribution in [1.82, 2.24) is 0 Å². The summed E-state index contributed by atoms with van der Waals surface area (Å²) in [5.41, 5.74) is 1.37. The van der Waals surface area contributed by atoms with E-state index < -0.39 is 0 Å². The second-order valence-corrected chi connectivity index (χ2v) is 5.59. The van der Waals surface area contributed by atoms with Crippen LogP contribution in [0.15, 0.2) is 30.3 Å². The van der Waals surface area contributed by atoms with Crippen LogP contribution in [-0.2, 0) is 0 Å². The van der Waals surface area contributed by atoms with Crippen molar-refractivity contribution >= 4 is 5.69 Å². The Morgan fingerprint density at radius 1 is 0.700 bits per heavy atom. The Labute approximate surface area is 136 Å². The number of benzene rings is 1. The number of nitrogens with two attached hydrogens (primary N) is 1. The van der Waals surface area contributed by atoms with Gasteiger partial charge in [0.1, 0.15) is 5.69 Å². The fraction of sp³-hybridized carbons (Fsp3) is 0.667. The molecule has 0 fully saturated rings. The smallest absolute Gasteiger partial charge is 0.129 e. The lowest BCUT2D eigenvalue weighted by Crippen LogP contribution is -3.00. The van der Waals surface area contributed by atoms with Crippen molar-refractivity contribution in [3.8, 4) is 0 Å². The van der Waals surface area contributed by atoms with Gasteiger partial charge in [0.05, 0.1) is 6.54 Å². The Balaban J connectivity index is 0.00000361. The molecular formula is C18H32BrN. The summed E-state index contributed by atoms with van der Waals surface area (Å²) in [6, 6.07) is 10.7. The van der Waals surface area contributed by atoms with E-state index in [9.17, 15) is 0 Å². The molecular weight excluding hydrogens is 310 g/mol. The molecule has 0 heterocycles. The van der Waals surface area contributed by atoms with E-state index in [-0.39, 0.29) is 17.0 Å². The fourth-order valence-corrected chi connectivity index (χ4v) is 2.49. The Bertz CT molecular complexity index is 287. The van der Waals surface area contributed by atoms with E-state index in [4.69, 9.17) is 0 Å². The minimum Gasteiger partial charge on any atom is -1.00 e. The second kappa shape index (κ2) is 15.1. The van der Waals surface area contributed by atoms with E-state index in [1.54, 1.807) is 0 Å². The van der Waals surface area contributed by atoms with Gasteiger partial charge in [0.25, 0.3) is 0 Å². The summed E-state index contributed by atoms with van der Waals surface area (Å²) in [7, 11) is 0. The standard InChI is InChI=1S/C18H31N.BrH/c1-2-3-4-5-6-7-8-9-10-14-17-19-18-15-12-11-13-16-18;/h11-13,15-16,19H,2-10,14,17H2,1H3;1H. The monoisotopic (exact) mass is 341 g/mol. The Hall–Kier alpha value is -0.340. The lowest BCUT2D eigenvalue weighted by atomic mass is 10.1. The van der Waals surface area contributed by atoms with Gasteiger partial charge in [0, 0.05) is 0 Å². The summed E-state index contributed by atoms with van der Waals surface area (Å²) in [4.78, 5) is 0. The largest absolute Gasteiger partial charge is 1.00 e. The van der Waals surface area contributed by atoms with Crippen molar-refractivity contribution in [3.63, 3.8) is 0 Å². The molecule has 0 aliphatic rings. The number of halogens is 1. The third-order valence-electron chi connectivity index (χ3n) is 3.74. The molecule has 0 aliphatic carbocycles. The molecule has 0 amide bonds. The topological polar surface area (TPSA) is 16.6 Å². The highest BCUT2D eigenvalue weighted by molar-refractivity contribution is 5.26. The van der Waals surface area contributed by atoms with Crippen molar-refractivity contribution in [2.24, 2.45) is 0 Å². The number of rotatable bonds is 12. The van der Waals surface area contributed by atoms with Gasteiger partial charge >= 0.3 is 0 Å². The van der Waals surface area contributed by atoms with Gasteiger partial charge in [0.2, 0.25) is 0 Å². The van der Waals surface area contributed by atoms with Gasteiger partial charge < -0.3 is 22.3 Å². The van der Waals surface area contributed by atoms with Crippen LogP contribution in [0.3, 0.4) is 0 Å². The van der Waals surface area contributed by atoms with Crippen molar-refractivity contribution in [2.75, 3.05) is 6.54 Å². The van der Waals surface area contributed by atoms with Gasteiger partial charge in [-0.15, -0.1) is 0 Å². The maximum Gasteiger partial charge on any atom is 0.129 e. The zero-order valence-corrected chi connectivity index (χ0v) is 14.7. The maximum absolute atomic E-state index is 2.37. The van der Waals surface area contributed by atoms with Crippen LogP contribution in [0.4, 0.5) is 5.69 Å². The molecule has 0 bridgehead atoms. The van der Waals surface area contributed by atoms with Crippen molar-refractivity contribution in [1.29, 1.82) is 0 Å². The van der Waals surface area contributed by atoms with E-state index in [0.29, 0.717) is 0 Å². The highest BCUT2D eigenvalue weighted by atomic mass is 79.9. The zero-order valence-electron chi connectivity index (χ0n) is 13.1. The van der Waals surface area contributed by atoms with Crippen molar-refractivity contribution < 1.29 is 22.3 Å². The van der Waals surface area contributed by atoms with E-state index in [1.165, 1.54) is 76.4 Å². The highest BCUT2D eigenvalue weighted by Gasteiger charge is 1.96. The average Bonchev–Trinajstić information content (AvgIpc) is 2.46. The van der Waals surface area contributed by atoms with E-state index in [2.05, 4.69) is 42.6 Å². The zero-order chi connectivity index (χ0) is 13.6. The number of para-hydroxylation sites is 1. The van der Waals surface area contributed by atoms with E-state index >= 15 is 0 Å². The van der Waals surface area contributed by atoms with Crippen LogP contribution in [0.1, 0.15) is 71.1 Å². The van der Waals surface area contributed by atoms with Gasteiger partial charge in [-0.2, -0.15) is 0 Å². The quantitative estimate of drug-likeness (QED) is 0.441. The summed E-state index contributed by atoms with van der Waals surface area (Å²) < 4.78 is 0. The molecule has 0 spiro atoms.